The van der Waals surface area contributed by atoms with Crippen LogP contribution in [0.15, 0.2) is 66.7 Å². The molecule has 3 aromatic rings. The van der Waals surface area contributed by atoms with Gasteiger partial charge in [0.25, 0.3) is 11.8 Å². The van der Waals surface area contributed by atoms with Crippen LogP contribution in [0.5, 0.6) is 5.75 Å². The first-order valence-electron chi connectivity index (χ1n) is 9.55. The van der Waals surface area contributed by atoms with Crippen LogP contribution in [0.3, 0.4) is 0 Å². The zero-order valence-corrected chi connectivity index (χ0v) is 15.9. The Labute approximate surface area is 168 Å². The van der Waals surface area contributed by atoms with Gasteiger partial charge in [0.1, 0.15) is 11.6 Å². The normalized spacial score (nSPS) is 14.1. The fourth-order valence-corrected chi connectivity index (χ4v) is 3.52. The Balaban J connectivity index is 1.33. The summed E-state index contributed by atoms with van der Waals surface area (Å²) in [4.78, 5) is 28.3. The summed E-state index contributed by atoms with van der Waals surface area (Å²) in [6, 6.07) is 19.5. The van der Waals surface area contributed by atoms with E-state index in [0.717, 1.165) is 10.8 Å². The van der Waals surface area contributed by atoms with Crippen LogP contribution < -0.4 is 4.74 Å². The number of nitrogens with zero attached hydrogens (tertiary/aromatic N) is 2. The lowest BCUT2D eigenvalue weighted by Crippen LogP contribution is -2.51. The summed E-state index contributed by atoms with van der Waals surface area (Å²) in [5.74, 6) is -0.331. The Kier molecular flexibility index (Phi) is 5.42. The van der Waals surface area contributed by atoms with Crippen molar-refractivity contribution in [3.05, 3.63) is 78.1 Å². The summed E-state index contributed by atoms with van der Waals surface area (Å²) in [7, 11) is 0. The molecule has 0 unspecified atom stereocenters. The van der Waals surface area contributed by atoms with Crippen molar-refractivity contribution >= 4 is 22.6 Å². The van der Waals surface area contributed by atoms with E-state index >= 15 is 0 Å². The minimum absolute atomic E-state index is 0.0603. The van der Waals surface area contributed by atoms with Gasteiger partial charge >= 0.3 is 0 Å². The van der Waals surface area contributed by atoms with E-state index in [1.807, 2.05) is 42.5 Å². The molecule has 29 heavy (non-hydrogen) atoms. The average molecular weight is 392 g/mol. The fourth-order valence-electron chi connectivity index (χ4n) is 3.52. The predicted octanol–water partition coefficient (Wildman–Crippen LogP) is 3.34. The lowest BCUT2D eigenvalue weighted by atomic mass is 10.1. The molecule has 4 rings (SSSR count). The van der Waals surface area contributed by atoms with E-state index in [1.54, 1.807) is 21.9 Å². The number of hydrogen-bond acceptors (Lipinski definition) is 3. The molecule has 0 radical (unpaired) electrons. The van der Waals surface area contributed by atoms with Gasteiger partial charge < -0.3 is 14.5 Å². The minimum Gasteiger partial charge on any atom is -0.483 e. The number of hydrogen-bond donors (Lipinski definition) is 0. The van der Waals surface area contributed by atoms with Gasteiger partial charge in [-0.3, -0.25) is 9.59 Å². The largest absolute Gasteiger partial charge is 0.483 e. The van der Waals surface area contributed by atoms with Crippen LogP contribution in [0.4, 0.5) is 4.39 Å². The number of ether oxygens (including phenoxy) is 1. The molecule has 3 aromatic carbocycles. The van der Waals surface area contributed by atoms with Gasteiger partial charge in [-0.25, -0.2) is 4.39 Å². The molecule has 0 N–H and O–H groups in total. The lowest BCUT2D eigenvalue weighted by Gasteiger charge is -2.34. The highest BCUT2D eigenvalue weighted by molar-refractivity contribution is 5.94. The van der Waals surface area contributed by atoms with Crippen molar-refractivity contribution in [2.75, 3.05) is 32.8 Å². The number of rotatable bonds is 4. The summed E-state index contributed by atoms with van der Waals surface area (Å²) < 4.78 is 19.6. The number of carbonyl (C=O) groups is 2. The summed E-state index contributed by atoms with van der Waals surface area (Å²) >= 11 is 0. The van der Waals surface area contributed by atoms with Gasteiger partial charge in [-0.1, -0.05) is 48.5 Å². The molecule has 0 atom stereocenters. The number of benzene rings is 3. The molecule has 0 spiro atoms. The van der Waals surface area contributed by atoms with E-state index in [0.29, 0.717) is 31.9 Å². The van der Waals surface area contributed by atoms with Crippen molar-refractivity contribution in [2.45, 2.75) is 0 Å². The van der Waals surface area contributed by atoms with Gasteiger partial charge in [-0.05, 0) is 23.6 Å². The average Bonchev–Trinajstić information content (AvgIpc) is 2.77. The van der Waals surface area contributed by atoms with E-state index in [-0.39, 0.29) is 24.0 Å². The summed E-state index contributed by atoms with van der Waals surface area (Å²) in [6.45, 7) is 1.48. The van der Waals surface area contributed by atoms with Crippen LogP contribution >= 0.6 is 0 Å². The van der Waals surface area contributed by atoms with E-state index in [9.17, 15) is 14.0 Å². The molecule has 1 fully saturated rings. The Morgan fingerprint density at radius 2 is 1.48 bits per heavy atom. The van der Waals surface area contributed by atoms with Gasteiger partial charge in [0.2, 0.25) is 0 Å². The summed E-state index contributed by atoms with van der Waals surface area (Å²) in [6.07, 6.45) is 0. The molecule has 0 aliphatic carbocycles. The van der Waals surface area contributed by atoms with Crippen LogP contribution in [0.25, 0.3) is 10.8 Å². The van der Waals surface area contributed by atoms with Gasteiger partial charge in [-0.15, -0.1) is 0 Å². The maximum atomic E-state index is 13.8. The van der Waals surface area contributed by atoms with E-state index in [1.165, 1.54) is 12.1 Å². The first kappa shape index (κ1) is 18.9. The highest BCUT2D eigenvalue weighted by Gasteiger charge is 2.26. The highest BCUT2D eigenvalue weighted by atomic mass is 19.1. The first-order chi connectivity index (χ1) is 14.1. The molecular weight excluding hydrogens is 371 g/mol. The fraction of sp³-hybridized carbons (Fsp3) is 0.217. The van der Waals surface area contributed by atoms with Crippen LogP contribution in [-0.2, 0) is 4.79 Å². The number of piperazine rings is 1. The van der Waals surface area contributed by atoms with Gasteiger partial charge in [-0.2, -0.15) is 0 Å². The number of amides is 2. The molecule has 5 nitrogen and oxygen atoms in total. The maximum Gasteiger partial charge on any atom is 0.260 e. The number of carbonyl (C=O) groups excluding carboxylic acids is 2. The second-order valence-corrected chi connectivity index (χ2v) is 6.92. The molecule has 0 saturated carbocycles. The molecule has 6 heteroatoms. The van der Waals surface area contributed by atoms with Crippen molar-refractivity contribution in [3.8, 4) is 5.75 Å². The van der Waals surface area contributed by atoms with Crippen LogP contribution in [0.2, 0.25) is 0 Å². The molecule has 1 aliphatic heterocycles. The number of fused-ring (bicyclic) bond motifs is 1. The zero-order valence-electron chi connectivity index (χ0n) is 15.9. The third-order valence-corrected chi connectivity index (χ3v) is 5.12. The van der Waals surface area contributed by atoms with Crippen molar-refractivity contribution in [2.24, 2.45) is 0 Å². The van der Waals surface area contributed by atoms with Gasteiger partial charge in [0, 0.05) is 31.6 Å². The lowest BCUT2D eigenvalue weighted by molar-refractivity contribution is -0.134. The topological polar surface area (TPSA) is 49.9 Å². The molecule has 1 aliphatic rings. The Bertz CT molecular complexity index is 1040. The van der Waals surface area contributed by atoms with Crippen LogP contribution in [0, 0.1) is 5.82 Å². The quantitative estimate of drug-likeness (QED) is 0.684. The van der Waals surface area contributed by atoms with E-state index in [2.05, 4.69) is 0 Å². The van der Waals surface area contributed by atoms with Gasteiger partial charge in [0.15, 0.2) is 6.61 Å². The molecular formula is C23H21FN2O3. The summed E-state index contributed by atoms with van der Waals surface area (Å²) in [5.41, 5.74) is 0.0616. The molecule has 0 aromatic heterocycles. The van der Waals surface area contributed by atoms with Crippen LogP contribution in [0.1, 0.15) is 10.4 Å². The monoisotopic (exact) mass is 392 g/mol. The first-order valence-corrected chi connectivity index (χ1v) is 9.55. The Morgan fingerprint density at radius 1 is 0.828 bits per heavy atom. The maximum absolute atomic E-state index is 13.8. The Morgan fingerprint density at radius 3 is 2.28 bits per heavy atom. The molecule has 1 heterocycles. The SMILES string of the molecule is O=C(COc1cccc2ccccc12)N1CCN(C(=O)c2ccccc2F)CC1. The highest BCUT2D eigenvalue weighted by Crippen LogP contribution is 2.25. The molecule has 2 amide bonds. The van der Waals surface area contributed by atoms with Crippen molar-refractivity contribution < 1.29 is 18.7 Å². The summed E-state index contributed by atoms with van der Waals surface area (Å²) in [5, 5.41) is 2.01. The standard InChI is InChI=1S/C23H21FN2O3/c24-20-10-4-3-9-19(20)23(28)26-14-12-25(13-15-26)22(27)16-29-21-11-5-7-17-6-1-2-8-18(17)21/h1-11H,12-16H2. The third kappa shape index (κ3) is 4.06. The second kappa shape index (κ2) is 8.31. The number of halogens is 1. The Hall–Kier alpha value is -3.41. The van der Waals surface area contributed by atoms with E-state index in [4.69, 9.17) is 4.74 Å². The van der Waals surface area contributed by atoms with E-state index < -0.39 is 5.82 Å². The smallest absolute Gasteiger partial charge is 0.260 e. The van der Waals surface area contributed by atoms with Crippen molar-refractivity contribution in [1.29, 1.82) is 0 Å². The van der Waals surface area contributed by atoms with Crippen molar-refractivity contribution in [1.82, 2.24) is 9.80 Å². The third-order valence-electron chi connectivity index (χ3n) is 5.12. The zero-order chi connectivity index (χ0) is 20.2. The van der Waals surface area contributed by atoms with Crippen molar-refractivity contribution in [3.63, 3.8) is 0 Å². The van der Waals surface area contributed by atoms with Crippen LogP contribution in [-0.4, -0.2) is 54.4 Å². The molecule has 1 saturated heterocycles. The second-order valence-electron chi connectivity index (χ2n) is 6.92. The molecule has 0 bridgehead atoms. The predicted molar refractivity (Wildman–Crippen MR) is 108 cm³/mol. The molecule has 148 valence electrons. The minimum atomic E-state index is -0.528. The van der Waals surface area contributed by atoms with Gasteiger partial charge in [0.05, 0.1) is 5.56 Å².